The Morgan fingerprint density at radius 2 is 2.45 bits per heavy atom. The van der Waals surface area contributed by atoms with Crippen molar-refractivity contribution in [3.8, 4) is 5.88 Å². The first-order valence-corrected chi connectivity index (χ1v) is 3.30. The second-order valence-corrected chi connectivity index (χ2v) is 2.31. The molecule has 0 N–H and O–H groups in total. The number of carbonyl (C=O) groups excluding carboxylic acids is 1. The summed E-state index contributed by atoms with van der Waals surface area (Å²) in [6, 6.07) is 0. The zero-order valence-corrected chi connectivity index (χ0v) is 6.92. The van der Waals surface area contributed by atoms with Crippen molar-refractivity contribution in [2.75, 3.05) is 7.11 Å². The van der Waals surface area contributed by atoms with Crippen LogP contribution in [-0.4, -0.2) is 22.1 Å². The van der Waals surface area contributed by atoms with E-state index in [0.29, 0.717) is 5.88 Å². The Balaban J connectivity index is 3.15. The molecule has 0 aliphatic carbocycles. The lowest BCUT2D eigenvalue weighted by atomic mass is 10.4. The van der Waals surface area contributed by atoms with Gasteiger partial charge in [0.25, 0.3) is 5.24 Å². The molecule has 1 aromatic rings. The molecule has 0 spiro atoms. The maximum Gasteiger partial charge on any atom is 0.259 e. The second-order valence-electron chi connectivity index (χ2n) is 1.96. The molecule has 4 nitrogen and oxygen atoms in total. The van der Waals surface area contributed by atoms with Gasteiger partial charge in [0.15, 0.2) is 0 Å². The Labute approximate surface area is 68.7 Å². The van der Waals surface area contributed by atoms with Crippen LogP contribution in [-0.2, 0) is 7.05 Å². The lowest BCUT2D eigenvalue weighted by Crippen LogP contribution is -1.98. The number of hydrogen-bond donors (Lipinski definition) is 0. The van der Waals surface area contributed by atoms with Crippen LogP contribution in [0.25, 0.3) is 0 Å². The fourth-order valence-electron chi connectivity index (χ4n) is 0.803. The van der Waals surface area contributed by atoms with Gasteiger partial charge in [0.2, 0.25) is 5.88 Å². The normalized spacial score (nSPS) is 9.73. The minimum absolute atomic E-state index is 0.289. The lowest BCUT2D eigenvalue weighted by molar-refractivity contribution is 0.107. The van der Waals surface area contributed by atoms with Crippen LogP contribution in [0.1, 0.15) is 10.4 Å². The number of carbonyl (C=O) groups is 1. The van der Waals surface area contributed by atoms with E-state index in [1.54, 1.807) is 7.05 Å². The van der Waals surface area contributed by atoms with Crippen LogP contribution < -0.4 is 4.74 Å². The van der Waals surface area contributed by atoms with Gasteiger partial charge in [0.1, 0.15) is 5.56 Å². The van der Waals surface area contributed by atoms with Gasteiger partial charge in [-0.1, -0.05) is 0 Å². The molecule has 0 bridgehead atoms. The first kappa shape index (κ1) is 8.07. The van der Waals surface area contributed by atoms with Crippen molar-refractivity contribution < 1.29 is 9.53 Å². The number of aryl methyl sites for hydroxylation is 1. The fourth-order valence-corrected chi connectivity index (χ4v) is 0.933. The van der Waals surface area contributed by atoms with Crippen LogP contribution in [0, 0.1) is 0 Å². The molecule has 0 saturated heterocycles. The lowest BCUT2D eigenvalue weighted by Gasteiger charge is -1.99. The smallest absolute Gasteiger partial charge is 0.259 e. The van der Waals surface area contributed by atoms with E-state index in [2.05, 4.69) is 5.10 Å². The molecule has 0 amide bonds. The molecule has 1 heterocycles. The maximum atomic E-state index is 10.7. The first-order valence-electron chi connectivity index (χ1n) is 2.92. The zero-order valence-electron chi connectivity index (χ0n) is 6.17. The molecule has 0 fully saturated rings. The Hall–Kier alpha value is -1.03. The van der Waals surface area contributed by atoms with Gasteiger partial charge in [-0.3, -0.25) is 4.79 Å². The van der Waals surface area contributed by atoms with Gasteiger partial charge in [0, 0.05) is 7.05 Å². The van der Waals surface area contributed by atoms with Crippen LogP contribution in [0.4, 0.5) is 0 Å². The Kier molecular flexibility index (Phi) is 2.14. The Morgan fingerprint density at radius 1 is 1.82 bits per heavy atom. The van der Waals surface area contributed by atoms with Gasteiger partial charge in [0.05, 0.1) is 13.3 Å². The number of aromatic nitrogens is 2. The molecule has 60 valence electrons. The molecule has 0 aliphatic rings. The van der Waals surface area contributed by atoms with Crippen LogP contribution in [0.3, 0.4) is 0 Å². The van der Waals surface area contributed by atoms with Crippen molar-refractivity contribution in [3.05, 3.63) is 11.8 Å². The van der Waals surface area contributed by atoms with Crippen molar-refractivity contribution in [1.29, 1.82) is 0 Å². The van der Waals surface area contributed by atoms with Crippen LogP contribution in [0.2, 0.25) is 0 Å². The molecular weight excluding hydrogens is 168 g/mol. The molecule has 1 aromatic heterocycles. The molecule has 0 saturated carbocycles. The van der Waals surface area contributed by atoms with Gasteiger partial charge in [-0.25, -0.2) is 4.68 Å². The van der Waals surface area contributed by atoms with Gasteiger partial charge in [-0.15, -0.1) is 0 Å². The number of halogens is 1. The molecule has 0 aliphatic heterocycles. The van der Waals surface area contributed by atoms with Gasteiger partial charge < -0.3 is 4.74 Å². The number of rotatable bonds is 2. The van der Waals surface area contributed by atoms with Crippen LogP contribution in [0.15, 0.2) is 6.20 Å². The average Bonchev–Trinajstić information content (AvgIpc) is 2.30. The third-order valence-corrected chi connectivity index (χ3v) is 1.49. The highest BCUT2D eigenvalue weighted by atomic mass is 35.5. The first-order chi connectivity index (χ1) is 5.16. The number of methoxy groups -OCH3 is 1. The summed E-state index contributed by atoms with van der Waals surface area (Å²) in [6.07, 6.45) is 1.37. The van der Waals surface area contributed by atoms with E-state index in [1.807, 2.05) is 0 Å². The molecule has 11 heavy (non-hydrogen) atoms. The van der Waals surface area contributed by atoms with Crippen molar-refractivity contribution >= 4 is 16.8 Å². The SMILES string of the molecule is COc1c(C(=O)Cl)cnn1C. The Bertz CT molecular complexity index is 282. The van der Waals surface area contributed by atoms with Crippen LogP contribution >= 0.6 is 11.6 Å². The average molecular weight is 175 g/mol. The van der Waals surface area contributed by atoms with Gasteiger partial charge >= 0.3 is 0 Å². The Morgan fingerprint density at radius 3 is 2.82 bits per heavy atom. The third-order valence-electron chi connectivity index (χ3n) is 1.29. The molecule has 0 unspecified atom stereocenters. The molecule has 0 radical (unpaired) electrons. The second kappa shape index (κ2) is 2.92. The predicted molar refractivity (Wildman–Crippen MR) is 39.9 cm³/mol. The van der Waals surface area contributed by atoms with Crippen molar-refractivity contribution in [2.24, 2.45) is 7.05 Å². The van der Waals surface area contributed by atoms with E-state index < -0.39 is 5.24 Å². The van der Waals surface area contributed by atoms with E-state index in [0.717, 1.165) is 0 Å². The standard InChI is InChI=1S/C6H7ClN2O2/c1-9-6(11-2)4(3-8-9)5(7)10/h3H,1-2H3. The predicted octanol–water partition coefficient (Wildman–Crippen LogP) is 0.808. The van der Waals surface area contributed by atoms with Crippen molar-refractivity contribution in [2.45, 2.75) is 0 Å². The molecule has 5 heteroatoms. The summed E-state index contributed by atoms with van der Waals surface area (Å²) < 4.78 is 6.31. The summed E-state index contributed by atoms with van der Waals surface area (Å²) in [7, 11) is 3.13. The van der Waals surface area contributed by atoms with Crippen molar-refractivity contribution in [3.63, 3.8) is 0 Å². The van der Waals surface area contributed by atoms with Gasteiger partial charge in [-0.2, -0.15) is 5.10 Å². The van der Waals surface area contributed by atoms with E-state index in [9.17, 15) is 4.79 Å². The monoisotopic (exact) mass is 174 g/mol. The number of nitrogens with zero attached hydrogens (tertiary/aromatic N) is 2. The van der Waals surface area contributed by atoms with E-state index in [1.165, 1.54) is 18.0 Å². The quantitative estimate of drug-likeness (QED) is 0.624. The summed E-state index contributed by atoms with van der Waals surface area (Å²) in [5, 5.41) is 3.23. The van der Waals surface area contributed by atoms with E-state index in [4.69, 9.17) is 16.3 Å². The fraction of sp³-hybridized carbons (Fsp3) is 0.333. The molecule has 1 rings (SSSR count). The highest BCUT2D eigenvalue weighted by Gasteiger charge is 2.13. The topological polar surface area (TPSA) is 44.1 Å². The van der Waals surface area contributed by atoms with Gasteiger partial charge in [-0.05, 0) is 11.6 Å². The maximum absolute atomic E-state index is 10.7. The van der Waals surface area contributed by atoms with E-state index >= 15 is 0 Å². The highest BCUT2D eigenvalue weighted by molar-refractivity contribution is 6.68. The van der Waals surface area contributed by atoms with Crippen LogP contribution in [0.5, 0.6) is 5.88 Å². The van der Waals surface area contributed by atoms with E-state index in [-0.39, 0.29) is 5.56 Å². The molecule has 0 aromatic carbocycles. The summed E-state index contributed by atoms with van der Waals surface area (Å²) in [4.78, 5) is 10.7. The third kappa shape index (κ3) is 1.35. The minimum atomic E-state index is -0.560. The zero-order chi connectivity index (χ0) is 8.43. The molecular formula is C6H7ClN2O2. The number of hydrogen-bond acceptors (Lipinski definition) is 3. The van der Waals surface area contributed by atoms with Crippen molar-refractivity contribution in [1.82, 2.24) is 9.78 Å². The minimum Gasteiger partial charge on any atom is -0.481 e. The highest BCUT2D eigenvalue weighted by Crippen LogP contribution is 2.17. The summed E-state index contributed by atoms with van der Waals surface area (Å²) in [6.45, 7) is 0. The molecule has 0 atom stereocenters. The summed E-state index contributed by atoms with van der Waals surface area (Å²) in [5.74, 6) is 0.380. The number of ether oxygens (including phenoxy) is 1. The largest absolute Gasteiger partial charge is 0.481 e. The summed E-state index contributed by atoms with van der Waals surface area (Å²) in [5.41, 5.74) is 0.289. The summed E-state index contributed by atoms with van der Waals surface area (Å²) >= 11 is 5.23.